The molecule has 0 spiro atoms. The van der Waals surface area contributed by atoms with Gasteiger partial charge in [-0.2, -0.15) is 0 Å². The first kappa shape index (κ1) is 18.1. The average molecular weight is 338 g/mol. The maximum absolute atomic E-state index is 11.2. The highest BCUT2D eigenvalue weighted by atomic mass is 35.5. The standard InChI is InChI=1S/C18H27N3O.ClH/c1-13(20-14(2)22)15-7-10-21(11-8-15)12-17-5-3-4-16-6-9-19-18(16)17;/h3-5,13,15,19H,6-12H2,1-2H3,(H,20,22);1H. The Hall–Kier alpha value is -1.26. The predicted molar refractivity (Wildman–Crippen MR) is 97.2 cm³/mol. The van der Waals surface area contributed by atoms with Crippen LogP contribution in [0, 0.1) is 5.92 Å². The van der Waals surface area contributed by atoms with Crippen LogP contribution >= 0.6 is 12.4 Å². The molecule has 0 aliphatic carbocycles. The van der Waals surface area contributed by atoms with Gasteiger partial charge in [0.25, 0.3) is 0 Å². The number of piperidine rings is 1. The Morgan fingerprint density at radius 2 is 2.13 bits per heavy atom. The van der Waals surface area contributed by atoms with E-state index in [1.54, 1.807) is 6.92 Å². The van der Waals surface area contributed by atoms with E-state index in [1.165, 1.54) is 29.7 Å². The van der Waals surface area contributed by atoms with E-state index in [2.05, 4.69) is 40.7 Å². The van der Waals surface area contributed by atoms with Crippen LogP contribution < -0.4 is 10.6 Å². The Bertz CT molecular complexity index is 541. The molecule has 1 aromatic carbocycles. The molecule has 1 unspecified atom stereocenters. The van der Waals surface area contributed by atoms with Crippen molar-refractivity contribution in [2.24, 2.45) is 5.92 Å². The monoisotopic (exact) mass is 337 g/mol. The summed E-state index contributed by atoms with van der Waals surface area (Å²) in [7, 11) is 0. The van der Waals surface area contributed by atoms with Gasteiger partial charge in [-0.25, -0.2) is 0 Å². The van der Waals surface area contributed by atoms with Crippen molar-refractivity contribution < 1.29 is 4.79 Å². The number of para-hydroxylation sites is 1. The van der Waals surface area contributed by atoms with Crippen molar-refractivity contribution in [1.82, 2.24) is 10.2 Å². The van der Waals surface area contributed by atoms with Gasteiger partial charge >= 0.3 is 0 Å². The van der Waals surface area contributed by atoms with Crippen molar-refractivity contribution >= 4 is 24.0 Å². The molecular weight excluding hydrogens is 310 g/mol. The molecule has 0 radical (unpaired) electrons. The minimum absolute atomic E-state index is 0. The molecule has 1 atom stereocenters. The van der Waals surface area contributed by atoms with Crippen LogP contribution in [0.1, 0.15) is 37.8 Å². The molecule has 1 aromatic rings. The number of anilines is 1. The maximum Gasteiger partial charge on any atom is 0.217 e. The van der Waals surface area contributed by atoms with Gasteiger partial charge in [0.2, 0.25) is 5.91 Å². The Balaban J connectivity index is 0.00000192. The third-order valence-electron chi connectivity index (χ3n) is 5.10. The number of nitrogens with one attached hydrogen (secondary N) is 2. The number of carbonyl (C=O) groups excluding carboxylic acids is 1. The van der Waals surface area contributed by atoms with Gasteiger partial charge in [-0.05, 0) is 56.3 Å². The molecule has 2 aliphatic heterocycles. The minimum Gasteiger partial charge on any atom is -0.384 e. The summed E-state index contributed by atoms with van der Waals surface area (Å²) in [5.74, 6) is 0.695. The predicted octanol–water partition coefficient (Wildman–Crippen LogP) is 2.81. The first-order chi connectivity index (χ1) is 10.6. The number of hydrogen-bond donors (Lipinski definition) is 2. The van der Waals surface area contributed by atoms with Crippen LogP contribution in [0.4, 0.5) is 5.69 Å². The third-order valence-corrected chi connectivity index (χ3v) is 5.10. The first-order valence-corrected chi connectivity index (χ1v) is 8.47. The Morgan fingerprint density at radius 3 is 2.83 bits per heavy atom. The maximum atomic E-state index is 11.2. The zero-order chi connectivity index (χ0) is 15.5. The number of likely N-dealkylation sites (tertiary alicyclic amines) is 1. The number of amides is 1. The fourth-order valence-electron chi connectivity index (χ4n) is 3.83. The molecule has 4 nitrogen and oxygen atoms in total. The third kappa shape index (κ3) is 4.39. The number of benzene rings is 1. The summed E-state index contributed by atoms with van der Waals surface area (Å²) in [6.45, 7) is 8.10. The van der Waals surface area contributed by atoms with E-state index in [1.807, 2.05) is 0 Å². The zero-order valence-electron chi connectivity index (χ0n) is 14.1. The lowest BCUT2D eigenvalue weighted by atomic mass is 9.90. The normalized spacial score (nSPS) is 19.4. The van der Waals surface area contributed by atoms with Gasteiger partial charge in [0, 0.05) is 31.7 Å². The summed E-state index contributed by atoms with van der Waals surface area (Å²) in [6.07, 6.45) is 3.49. The molecule has 0 bridgehead atoms. The highest BCUT2D eigenvalue weighted by Crippen LogP contribution is 2.29. The molecule has 5 heteroatoms. The molecule has 0 aromatic heterocycles. The second kappa shape index (κ2) is 8.02. The van der Waals surface area contributed by atoms with E-state index < -0.39 is 0 Å². The van der Waals surface area contributed by atoms with Crippen LogP contribution in [0.2, 0.25) is 0 Å². The Kier molecular flexibility index (Phi) is 6.31. The number of halogens is 1. The van der Waals surface area contributed by atoms with Crippen LogP contribution in [0.15, 0.2) is 18.2 Å². The van der Waals surface area contributed by atoms with Gasteiger partial charge in [-0.1, -0.05) is 18.2 Å². The highest BCUT2D eigenvalue weighted by Gasteiger charge is 2.25. The van der Waals surface area contributed by atoms with Crippen molar-refractivity contribution in [3.63, 3.8) is 0 Å². The van der Waals surface area contributed by atoms with E-state index in [-0.39, 0.29) is 18.3 Å². The van der Waals surface area contributed by atoms with Gasteiger partial charge in [-0.3, -0.25) is 9.69 Å². The van der Waals surface area contributed by atoms with Gasteiger partial charge < -0.3 is 10.6 Å². The SMILES string of the molecule is CC(=O)NC(C)C1CCN(Cc2cccc3c2NCC3)CC1.Cl. The fraction of sp³-hybridized carbons (Fsp3) is 0.611. The number of fused-ring (bicyclic) bond motifs is 1. The lowest BCUT2D eigenvalue weighted by Crippen LogP contribution is -2.43. The lowest BCUT2D eigenvalue weighted by Gasteiger charge is -2.35. The molecule has 2 heterocycles. The summed E-state index contributed by atoms with van der Waals surface area (Å²) >= 11 is 0. The molecular formula is C18H28ClN3O. The van der Waals surface area contributed by atoms with Crippen LogP contribution in [0.25, 0.3) is 0 Å². The molecule has 1 amide bonds. The van der Waals surface area contributed by atoms with Gasteiger partial charge in [0.15, 0.2) is 0 Å². The van der Waals surface area contributed by atoms with E-state index in [9.17, 15) is 4.79 Å². The van der Waals surface area contributed by atoms with Crippen molar-refractivity contribution in [2.75, 3.05) is 25.0 Å². The quantitative estimate of drug-likeness (QED) is 0.888. The van der Waals surface area contributed by atoms with E-state index in [0.29, 0.717) is 12.0 Å². The van der Waals surface area contributed by atoms with E-state index in [0.717, 1.165) is 32.6 Å². The molecule has 3 rings (SSSR count). The number of hydrogen-bond acceptors (Lipinski definition) is 3. The second-order valence-electron chi connectivity index (χ2n) is 6.73. The zero-order valence-corrected chi connectivity index (χ0v) is 14.9. The largest absolute Gasteiger partial charge is 0.384 e. The highest BCUT2D eigenvalue weighted by molar-refractivity contribution is 5.85. The van der Waals surface area contributed by atoms with Crippen LogP contribution in [-0.4, -0.2) is 36.5 Å². The smallest absolute Gasteiger partial charge is 0.217 e. The van der Waals surface area contributed by atoms with E-state index in [4.69, 9.17) is 0 Å². The van der Waals surface area contributed by atoms with Crippen molar-refractivity contribution in [1.29, 1.82) is 0 Å². The summed E-state index contributed by atoms with van der Waals surface area (Å²) < 4.78 is 0. The molecule has 2 N–H and O–H groups in total. The summed E-state index contributed by atoms with van der Waals surface area (Å²) in [4.78, 5) is 13.7. The number of nitrogens with zero attached hydrogens (tertiary/aromatic N) is 1. The van der Waals surface area contributed by atoms with Gasteiger partial charge in [0.1, 0.15) is 0 Å². The Morgan fingerprint density at radius 1 is 1.39 bits per heavy atom. The first-order valence-electron chi connectivity index (χ1n) is 8.47. The molecule has 23 heavy (non-hydrogen) atoms. The van der Waals surface area contributed by atoms with Crippen LogP contribution in [0.3, 0.4) is 0 Å². The van der Waals surface area contributed by atoms with Crippen LogP contribution in [0.5, 0.6) is 0 Å². The minimum atomic E-state index is 0. The van der Waals surface area contributed by atoms with Crippen molar-refractivity contribution in [2.45, 2.75) is 45.7 Å². The summed E-state index contributed by atoms with van der Waals surface area (Å²) in [6, 6.07) is 6.97. The van der Waals surface area contributed by atoms with Crippen molar-refractivity contribution in [3.8, 4) is 0 Å². The van der Waals surface area contributed by atoms with Crippen molar-refractivity contribution in [3.05, 3.63) is 29.3 Å². The molecule has 1 fully saturated rings. The topological polar surface area (TPSA) is 44.4 Å². The van der Waals surface area contributed by atoms with Gasteiger partial charge in [-0.15, -0.1) is 12.4 Å². The fourth-order valence-corrected chi connectivity index (χ4v) is 3.83. The van der Waals surface area contributed by atoms with Gasteiger partial charge in [0.05, 0.1) is 0 Å². The second-order valence-corrected chi connectivity index (χ2v) is 6.73. The number of carbonyl (C=O) groups is 1. The Labute approximate surface area is 145 Å². The lowest BCUT2D eigenvalue weighted by molar-refractivity contribution is -0.120. The van der Waals surface area contributed by atoms with Crippen LogP contribution in [-0.2, 0) is 17.8 Å². The van der Waals surface area contributed by atoms with E-state index >= 15 is 0 Å². The number of rotatable bonds is 4. The molecule has 0 saturated carbocycles. The molecule has 128 valence electrons. The average Bonchev–Trinajstić information content (AvgIpc) is 2.97. The molecule has 2 aliphatic rings. The molecule has 1 saturated heterocycles. The summed E-state index contributed by atoms with van der Waals surface area (Å²) in [5.41, 5.74) is 4.27. The summed E-state index contributed by atoms with van der Waals surface area (Å²) in [5, 5.41) is 6.58.